The van der Waals surface area contributed by atoms with Crippen LogP contribution in [0.3, 0.4) is 0 Å². The number of hydrogen-bond acceptors (Lipinski definition) is 0. The predicted molar refractivity (Wildman–Crippen MR) is 71.0 cm³/mol. The number of rotatable bonds is 1. The Hall–Kier alpha value is -1.56. The molecule has 84 valence electrons. The van der Waals surface area contributed by atoms with Crippen LogP contribution < -0.4 is 0 Å². The average Bonchev–Trinajstić information content (AvgIpc) is 2.95. The predicted octanol–water partition coefficient (Wildman–Crippen LogP) is 4.40. The van der Waals surface area contributed by atoms with Gasteiger partial charge in [-0.05, 0) is 46.4 Å². The van der Waals surface area contributed by atoms with Gasteiger partial charge in [0.25, 0.3) is 0 Å². The first-order valence-electron chi connectivity index (χ1n) is 6.44. The van der Waals surface area contributed by atoms with Crippen molar-refractivity contribution in [1.29, 1.82) is 0 Å². The molecule has 0 N–H and O–H groups in total. The van der Waals surface area contributed by atoms with E-state index in [1.807, 2.05) is 0 Å². The molecule has 2 aromatic rings. The Morgan fingerprint density at radius 3 is 2.65 bits per heavy atom. The van der Waals surface area contributed by atoms with E-state index in [0.717, 1.165) is 5.92 Å². The maximum atomic E-state index is 2.43. The minimum atomic E-state index is 0.609. The molecule has 17 heavy (non-hydrogen) atoms. The van der Waals surface area contributed by atoms with Crippen molar-refractivity contribution in [2.75, 3.05) is 0 Å². The molecular weight excluding hydrogens is 204 g/mol. The molecule has 0 aliphatic heterocycles. The molecule has 2 aliphatic rings. The molecule has 0 amide bonds. The van der Waals surface area contributed by atoms with Crippen LogP contribution in [-0.2, 0) is 6.42 Å². The fourth-order valence-electron chi connectivity index (χ4n) is 3.41. The number of fused-ring (bicyclic) bond motifs is 3. The molecule has 0 heteroatoms. The van der Waals surface area contributed by atoms with Crippen LogP contribution in [0.25, 0.3) is 11.1 Å². The molecule has 0 saturated heterocycles. The molecule has 2 aliphatic carbocycles. The van der Waals surface area contributed by atoms with E-state index >= 15 is 0 Å². The van der Waals surface area contributed by atoms with Crippen molar-refractivity contribution in [1.82, 2.24) is 0 Å². The zero-order valence-corrected chi connectivity index (χ0v) is 10.1. The largest absolute Gasteiger partial charge is 0.0622 e. The maximum Gasteiger partial charge on any atom is -0.00961 e. The normalized spacial score (nSPS) is 28.6. The second kappa shape index (κ2) is 3.01. The van der Waals surface area contributed by atoms with Crippen LogP contribution >= 0.6 is 0 Å². The molecular formula is C17H16. The summed E-state index contributed by atoms with van der Waals surface area (Å²) in [4.78, 5) is 0. The second-order valence-electron chi connectivity index (χ2n) is 5.87. The first-order chi connectivity index (χ1) is 8.26. The summed E-state index contributed by atoms with van der Waals surface area (Å²) >= 11 is 0. The van der Waals surface area contributed by atoms with Gasteiger partial charge in [0.15, 0.2) is 0 Å². The van der Waals surface area contributed by atoms with E-state index in [1.54, 1.807) is 11.1 Å². The van der Waals surface area contributed by atoms with Crippen LogP contribution in [0, 0.1) is 5.41 Å². The van der Waals surface area contributed by atoms with E-state index in [4.69, 9.17) is 0 Å². The van der Waals surface area contributed by atoms with Crippen molar-refractivity contribution in [2.45, 2.75) is 25.7 Å². The average molecular weight is 220 g/mol. The van der Waals surface area contributed by atoms with Crippen molar-refractivity contribution < 1.29 is 0 Å². The highest BCUT2D eigenvalue weighted by Crippen LogP contribution is 2.66. The monoisotopic (exact) mass is 220 g/mol. The first kappa shape index (κ1) is 9.47. The molecule has 0 spiro atoms. The lowest BCUT2D eigenvalue weighted by atomic mass is 9.98. The molecule has 1 fully saturated rings. The van der Waals surface area contributed by atoms with Gasteiger partial charge in [-0.15, -0.1) is 0 Å². The summed E-state index contributed by atoms with van der Waals surface area (Å²) in [5.74, 6) is 0.848. The Bertz CT molecular complexity index is 582. The van der Waals surface area contributed by atoms with E-state index in [2.05, 4.69) is 55.5 Å². The molecule has 0 aromatic heterocycles. The van der Waals surface area contributed by atoms with E-state index < -0.39 is 0 Å². The quantitative estimate of drug-likeness (QED) is 0.668. The van der Waals surface area contributed by atoms with Gasteiger partial charge >= 0.3 is 0 Å². The summed E-state index contributed by atoms with van der Waals surface area (Å²) in [5, 5.41) is 0. The maximum absolute atomic E-state index is 2.43. The van der Waals surface area contributed by atoms with Crippen molar-refractivity contribution in [2.24, 2.45) is 5.41 Å². The molecule has 0 bridgehead atoms. The molecule has 2 atom stereocenters. The third kappa shape index (κ3) is 1.30. The summed E-state index contributed by atoms with van der Waals surface area (Å²) in [6.07, 6.45) is 2.69. The number of benzene rings is 2. The van der Waals surface area contributed by atoms with Crippen molar-refractivity contribution >= 4 is 0 Å². The van der Waals surface area contributed by atoms with E-state index in [9.17, 15) is 0 Å². The van der Waals surface area contributed by atoms with Gasteiger partial charge < -0.3 is 0 Å². The minimum absolute atomic E-state index is 0.609. The lowest BCUT2D eigenvalue weighted by Gasteiger charge is -2.07. The fourth-order valence-corrected chi connectivity index (χ4v) is 3.41. The molecule has 2 aromatic carbocycles. The van der Waals surface area contributed by atoms with Gasteiger partial charge in [0.05, 0.1) is 0 Å². The minimum Gasteiger partial charge on any atom is -0.0622 e. The van der Waals surface area contributed by atoms with E-state index in [0.29, 0.717) is 5.41 Å². The van der Waals surface area contributed by atoms with Gasteiger partial charge in [0, 0.05) is 0 Å². The summed E-state index contributed by atoms with van der Waals surface area (Å²) in [5.41, 5.74) is 6.53. The molecule has 0 unspecified atom stereocenters. The first-order valence-corrected chi connectivity index (χ1v) is 6.44. The highest BCUT2D eigenvalue weighted by molar-refractivity contribution is 5.66. The third-order valence-electron chi connectivity index (χ3n) is 4.57. The summed E-state index contributed by atoms with van der Waals surface area (Å²) in [6, 6.07) is 17.7. The van der Waals surface area contributed by atoms with Gasteiger partial charge in [-0.2, -0.15) is 0 Å². The highest BCUT2D eigenvalue weighted by Gasteiger charge is 2.55. The van der Waals surface area contributed by atoms with Gasteiger partial charge in [0.1, 0.15) is 0 Å². The Morgan fingerprint density at radius 1 is 1.00 bits per heavy atom. The summed E-state index contributed by atoms with van der Waals surface area (Å²) < 4.78 is 0. The summed E-state index contributed by atoms with van der Waals surface area (Å²) in [6.45, 7) is 2.43. The highest BCUT2D eigenvalue weighted by atomic mass is 14.6. The zero-order valence-electron chi connectivity index (χ0n) is 10.1. The summed E-state index contributed by atoms with van der Waals surface area (Å²) in [7, 11) is 0. The smallest absolute Gasteiger partial charge is 0.00961 e. The zero-order chi connectivity index (χ0) is 11.5. The van der Waals surface area contributed by atoms with Gasteiger partial charge in [-0.3, -0.25) is 0 Å². The lowest BCUT2D eigenvalue weighted by Crippen LogP contribution is -1.93. The standard InChI is InChI=1S/C17H16/c1-17-10-14-8-7-13(9-15(14)16(17)11-17)12-5-3-2-4-6-12/h2-9,16H,10-11H2,1H3/t16-,17-/m0/s1. The van der Waals surface area contributed by atoms with Crippen LogP contribution in [0.1, 0.15) is 30.4 Å². The van der Waals surface area contributed by atoms with Gasteiger partial charge in [0.2, 0.25) is 0 Å². The van der Waals surface area contributed by atoms with Crippen LogP contribution in [0.15, 0.2) is 48.5 Å². The van der Waals surface area contributed by atoms with Crippen molar-refractivity contribution in [3.63, 3.8) is 0 Å². The lowest BCUT2D eigenvalue weighted by molar-refractivity contribution is 0.579. The van der Waals surface area contributed by atoms with E-state index in [-0.39, 0.29) is 0 Å². The number of hydrogen-bond donors (Lipinski definition) is 0. The molecule has 0 nitrogen and oxygen atoms in total. The third-order valence-corrected chi connectivity index (χ3v) is 4.57. The Morgan fingerprint density at radius 2 is 1.82 bits per heavy atom. The van der Waals surface area contributed by atoms with Gasteiger partial charge in [-0.25, -0.2) is 0 Å². The molecule has 1 saturated carbocycles. The van der Waals surface area contributed by atoms with Crippen molar-refractivity contribution in [3.05, 3.63) is 59.7 Å². The van der Waals surface area contributed by atoms with E-state index in [1.165, 1.54) is 24.0 Å². The second-order valence-corrected chi connectivity index (χ2v) is 5.87. The van der Waals surface area contributed by atoms with Crippen LogP contribution in [-0.4, -0.2) is 0 Å². The topological polar surface area (TPSA) is 0 Å². The van der Waals surface area contributed by atoms with Crippen molar-refractivity contribution in [3.8, 4) is 11.1 Å². The Labute approximate surface area is 102 Å². The molecule has 0 heterocycles. The van der Waals surface area contributed by atoms with Crippen LogP contribution in [0.5, 0.6) is 0 Å². The van der Waals surface area contributed by atoms with Crippen LogP contribution in [0.4, 0.5) is 0 Å². The van der Waals surface area contributed by atoms with Crippen LogP contribution in [0.2, 0.25) is 0 Å². The Balaban J connectivity index is 1.82. The molecule has 4 rings (SSSR count). The SMILES string of the molecule is C[C@@]12Cc3ccc(-c4ccccc4)cc3[C@@H]1C2. The molecule has 0 radical (unpaired) electrons. The Kier molecular flexibility index (Phi) is 1.68. The fraction of sp³-hybridized carbons (Fsp3) is 0.294. The van der Waals surface area contributed by atoms with Gasteiger partial charge in [-0.1, -0.05) is 55.5 Å².